The molecule has 116 valence electrons. The largest absolute Gasteiger partial charge is 0.383 e. The molecule has 1 aliphatic rings. The van der Waals surface area contributed by atoms with E-state index in [1.165, 1.54) is 4.90 Å². The number of hydrogen-bond acceptors (Lipinski definition) is 4. The van der Waals surface area contributed by atoms with Crippen LogP contribution in [0.25, 0.3) is 0 Å². The molecule has 1 aromatic carbocycles. The average molecular weight is 299 g/mol. The first-order chi connectivity index (χ1) is 10.5. The van der Waals surface area contributed by atoms with Crippen LogP contribution in [0, 0.1) is 0 Å². The van der Waals surface area contributed by atoms with Gasteiger partial charge in [-0.2, -0.15) is 0 Å². The molecule has 0 bridgehead atoms. The molecule has 1 saturated heterocycles. The molecule has 0 unspecified atom stereocenters. The average Bonchev–Trinajstić information content (AvgIpc) is 2.70. The first-order valence-corrected chi connectivity index (χ1v) is 7.43. The van der Waals surface area contributed by atoms with Gasteiger partial charge in [-0.3, -0.25) is 14.5 Å². The molecule has 0 aliphatic carbocycles. The van der Waals surface area contributed by atoms with Gasteiger partial charge in [-0.05, 0) is 18.6 Å². The van der Waals surface area contributed by atoms with E-state index in [1.807, 2.05) is 51.4 Å². The lowest BCUT2D eigenvalue weighted by atomic mass is 10.2. The van der Waals surface area contributed by atoms with Gasteiger partial charge in [-0.1, -0.05) is 31.5 Å². The van der Waals surface area contributed by atoms with Gasteiger partial charge in [0.1, 0.15) is 5.71 Å². The summed E-state index contributed by atoms with van der Waals surface area (Å²) in [6, 6.07) is 9.21. The molecule has 1 aromatic rings. The number of likely N-dealkylation sites (tertiary alicyclic amines) is 1. The number of aliphatic imine (C=N–C) groups is 1. The van der Waals surface area contributed by atoms with Crippen LogP contribution in [0.2, 0.25) is 0 Å². The number of benzene rings is 1. The summed E-state index contributed by atoms with van der Waals surface area (Å²) in [7, 11) is 3.64. The smallest absolute Gasteiger partial charge is 0.280 e. The van der Waals surface area contributed by atoms with Crippen LogP contribution in [-0.2, 0) is 9.59 Å². The minimum Gasteiger partial charge on any atom is -0.383 e. The van der Waals surface area contributed by atoms with Crippen LogP contribution in [0.4, 0.5) is 5.69 Å². The molecule has 0 N–H and O–H groups in total. The van der Waals surface area contributed by atoms with Crippen LogP contribution in [0.15, 0.2) is 47.1 Å². The molecule has 2 rings (SSSR count). The Morgan fingerprint density at radius 1 is 1.14 bits per heavy atom. The van der Waals surface area contributed by atoms with Crippen molar-refractivity contribution in [2.75, 3.05) is 20.6 Å². The topological polar surface area (TPSA) is 53.0 Å². The highest BCUT2D eigenvalue weighted by molar-refractivity contribution is 6.58. The van der Waals surface area contributed by atoms with E-state index in [0.717, 1.165) is 12.8 Å². The van der Waals surface area contributed by atoms with Crippen molar-refractivity contribution in [3.63, 3.8) is 0 Å². The molecule has 0 spiro atoms. The molecule has 2 amide bonds. The Morgan fingerprint density at radius 3 is 2.41 bits per heavy atom. The molecular formula is C17H21N3O2. The van der Waals surface area contributed by atoms with E-state index < -0.39 is 0 Å². The number of rotatable bonds is 5. The Bertz CT molecular complexity index is 618. The van der Waals surface area contributed by atoms with E-state index in [9.17, 15) is 9.59 Å². The molecular weight excluding hydrogens is 278 g/mol. The maximum atomic E-state index is 12.5. The van der Waals surface area contributed by atoms with Gasteiger partial charge in [-0.15, -0.1) is 0 Å². The highest BCUT2D eigenvalue weighted by Crippen LogP contribution is 2.22. The fourth-order valence-electron chi connectivity index (χ4n) is 2.22. The standard InChI is InChI=1S/C17H21N3O2/c1-4-5-11-20-16(21)14(12-19(2)3)15(17(20)22)18-13-9-7-6-8-10-13/h6-10,12H,4-5,11H2,1-3H3. The summed E-state index contributed by atoms with van der Waals surface area (Å²) in [4.78, 5) is 32.5. The summed E-state index contributed by atoms with van der Waals surface area (Å²) in [5, 5.41) is 0. The number of para-hydroxylation sites is 1. The number of unbranched alkanes of at least 4 members (excludes halogenated alkanes) is 1. The van der Waals surface area contributed by atoms with Crippen molar-refractivity contribution < 1.29 is 9.59 Å². The Balaban J connectivity index is 2.42. The molecule has 1 fully saturated rings. The van der Waals surface area contributed by atoms with Gasteiger partial charge in [0.2, 0.25) is 0 Å². The predicted molar refractivity (Wildman–Crippen MR) is 86.9 cm³/mol. The fraction of sp³-hybridized carbons (Fsp3) is 0.353. The predicted octanol–water partition coefficient (Wildman–Crippen LogP) is 2.37. The third kappa shape index (κ3) is 3.42. The molecule has 0 saturated carbocycles. The number of carbonyl (C=O) groups is 2. The number of carbonyl (C=O) groups excluding carboxylic acids is 2. The van der Waals surface area contributed by atoms with Crippen molar-refractivity contribution in [3.8, 4) is 0 Å². The third-order valence-corrected chi connectivity index (χ3v) is 3.30. The van der Waals surface area contributed by atoms with Gasteiger partial charge in [-0.25, -0.2) is 4.99 Å². The summed E-state index contributed by atoms with van der Waals surface area (Å²) in [5.41, 5.74) is 1.25. The SMILES string of the molecule is CCCCN1C(=O)C(=CN(C)C)C(=Nc2ccccc2)C1=O. The lowest BCUT2D eigenvalue weighted by Gasteiger charge is -2.11. The zero-order valence-corrected chi connectivity index (χ0v) is 13.2. The first-order valence-electron chi connectivity index (χ1n) is 7.43. The van der Waals surface area contributed by atoms with Crippen LogP contribution >= 0.6 is 0 Å². The first kappa shape index (κ1) is 15.9. The van der Waals surface area contributed by atoms with Crippen LogP contribution in [-0.4, -0.2) is 48.0 Å². The fourth-order valence-corrected chi connectivity index (χ4v) is 2.22. The third-order valence-electron chi connectivity index (χ3n) is 3.30. The Hall–Kier alpha value is -2.43. The van der Waals surface area contributed by atoms with Crippen molar-refractivity contribution in [3.05, 3.63) is 42.1 Å². The number of amides is 2. The van der Waals surface area contributed by atoms with Crippen LogP contribution in [0.1, 0.15) is 19.8 Å². The van der Waals surface area contributed by atoms with Crippen molar-refractivity contribution in [1.29, 1.82) is 0 Å². The molecule has 0 radical (unpaired) electrons. The number of hydrogen-bond donors (Lipinski definition) is 0. The Kier molecular flexibility index (Phi) is 5.09. The van der Waals surface area contributed by atoms with Gasteiger partial charge >= 0.3 is 0 Å². The van der Waals surface area contributed by atoms with Crippen molar-refractivity contribution >= 4 is 23.2 Å². The lowest BCUT2D eigenvalue weighted by molar-refractivity contribution is -0.135. The summed E-state index contributed by atoms with van der Waals surface area (Å²) in [6.45, 7) is 2.47. The van der Waals surface area contributed by atoms with Crippen molar-refractivity contribution in [2.45, 2.75) is 19.8 Å². The van der Waals surface area contributed by atoms with E-state index in [4.69, 9.17) is 0 Å². The van der Waals surface area contributed by atoms with Crippen molar-refractivity contribution in [2.24, 2.45) is 4.99 Å². The second-order valence-corrected chi connectivity index (χ2v) is 5.42. The molecule has 5 nitrogen and oxygen atoms in total. The Morgan fingerprint density at radius 2 is 1.82 bits per heavy atom. The number of imide groups is 1. The molecule has 5 heteroatoms. The minimum atomic E-state index is -0.310. The van der Waals surface area contributed by atoms with Gasteiger partial charge in [0.05, 0.1) is 11.3 Å². The maximum Gasteiger partial charge on any atom is 0.280 e. The monoisotopic (exact) mass is 299 g/mol. The summed E-state index contributed by atoms with van der Waals surface area (Å²) in [5.74, 6) is -0.572. The van der Waals surface area contributed by atoms with Gasteiger partial charge in [0.15, 0.2) is 0 Å². The molecule has 0 aromatic heterocycles. The summed E-state index contributed by atoms with van der Waals surface area (Å²) in [6.07, 6.45) is 3.38. The highest BCUT2D eigenvalue weighted by Gasteiger charge is 2.40. The van der Waals surface area contributed by atoms with Crippen LogP contribution in [0.3, 0.4) is 0 Å². The van der Waals surface area contributed by atoms with Crippen molar-refractivity contribution in [1.82, 2.24) is 9.80 Å². The molecule has 1 heterocycles. The van der Waals surface area contributed by atoms with E-state index in [1.54, 1.807) is 11.1 Å². The van der Waals surface area contributed by atoms with E-state index >= 15 is 0 Å². The van der Waals surface area contributed by atoms with Crippen LogP contribution < -0.4 is 0 Å². The Labute approximate surface area is 130 Å². The van der Waals surface area contributed by atoms with Gasteiger partial charge < -0.3 is 4.90 Å². The maximum absolute atomic E-state index is 12.5. The highest BCUT2D eigenvalue weighted by atomic mass is 16.2. The minimum absolute atomic E-state index is 0.223. The second-order valence-electron chi connectivity index (χ2n) is 5.42. The summed E-state index contributed by atoms with van der Waals surface area (Å²) >= 11 is 0. The van der Waals surface area contributed by atoms with Gasteiger partial charge in [0.25, 0.3) is 11.8 Å². The molecule has 0 atom stereocenters. The number of nitrogens with zero attached hydrogens (tertiary/aromatic N) is 3. The second kappa shape index (κ2) is 7.02. The van der Waals surface area contributed by atoms with E-state index in [-0.39, 0.29) is 17.5 Å². The quantitative estimate of drug-likeness (QED) is 0.619. The van der Waals surface area contributed by atoms with Gasteiger partial charge in [0, 0.05) is 26.8 Å². The zero-order chi connectivity index (χ0) is 16.1. The summed E-state index contributed by atoms with van der Waals surface area (Å²) < 4.78 is 0. The van der Waals surface area contributed by atoms with E-state index in [0.29, 0.717) is 17.8 Å². The van der Waals surface area contributed by atoms with E-state index in [2.05, 4.69) is 4.99 Å². The van der Waals surface area contributed by atoms with Crippen LogP contribution in [0.5, 0.6) is 0 Å². The normalized spacial score (nSPS) is 18.6. The molecule has 1 aliphatic heterocycles. The molecule has 22 heavy (non-hydrogen) atoms. The lowest BCUT2D eigenvalue weighted by Crippen LogP contribution is -2.31. The zero-order valence-electron chi connectivity index (χ0n) is 13.2.